The molecule has 1 fully saturated rings. The van der Waals surface area contributed by atoms with Gasteiger partial charge in [-0.1, -0.05) is 0 Å². The zero-order valence-corrected chi connectivity index (χ0v) is 16.1. The minimum absolute atomic E-state index is 0.188. The first-order valence-corrected chi connectivity index (χ1v) is 9.29. The first-order valence-electron chi connectivity index (χ1n) is 9.29. The molecule has 3 aromatic heterocycles. The van der Waals surface area contributed by atoms with E-state index in [1.807, 2.05) is 32.9 Å². The number of anilines is 1. The molecule has 0 bridgehead atoms. The Balaban J connectivity index is 1.58. The van der Waals surface area contributed by atoms with E-state index in [0.717, 1.165) is 33.7 Å². The lowest BCUT2D eigenvalue weighted by Gasteiger charge is -2.15. The number of hydrogen-bond acceptors (Lipinski definition) is 5. The highest BCUT2D eigenvalue weighted by molar-refractivity contribution is 5.92. The summed E-state index contributed by atoms with van der Waals surface area (Å²) < 4.78 is 27.7. The largest absolute Gasteiger partial charge is 0.348 e. The standard InChI is InChI=1S/C20H22F2N6/c1-11(2)26-16-6-7-17(27-12(16)3)14-8-23-18-15(14)9-24-19(28-18)25-10-20(21,22)13-4-5-13/h6-9,13H,4-5,10H2,1-3H3,(H2,23,24,25,28). The number of nitrogens with zero attached hydrogens (tertiary/aromatic N) is 4. The maximum Gasteiger partial charge on any atom is 0.267 e. The van der Waals surface area contributed by atoms with Crippen molar-refractivity contribution in [3.05, 3.63) is 30.2 Å². The van der Waals surface area contributed by atoms with Crippen molar-refractivity contribution >= 4 is 28.4 Å². The van der Waals surface area contributed by atoms with E-state index in [4.69, 9.17) is 0 Å². The third-order valence-corrected chi connectivity index (χ3v) is 4.77. The van der Waals surface area contributed by atoms with Crippen molar-refractivity contribution in [1.82, 2.24) is 19.9 Å². The van der Waals surface area contributed by atoms with Crippen LogP contribution in [-0.4, -0.2) is 38.1 Å². The van der Waals surface area contributed by atoms with Crippen molar-refractivity contribution in [3.8, 4) is 11.3 Å². The topological polar surface area (TPSA) is 78.9 Å². The molecule has 1 saturated carbocycles. The van der Waals surface area contributed by atoms with Crippen molar-refractivity contribution in [3.63, 3.8) is 0 Å². The van der Waals surface area contributed by atoms with Gasteiger partial charge in [0, 0.05) is 35.0 Å². The zero-order chi connectivity index (χ0) is 19.9. The number of fused-ring (bicyclic) bond motifs is 1. The minimum Gasteiger partial charge on any atom is -0.348 e. The van der Waals surface area contributed by atoms with Crippen LogP contribution in [0, 0.1) is 12.8 Å². The third-order valence-electron chi connectivity index (χ3n) is 4.77. The van der Waals surface area contributed by atoms with Crippen LogP contribution in [-0.2, 0) is 0 Å². The molecule has 28 heavy (non-hydrogen) atoms. The number of hydrogen-bond donors (Lipinski definition) is 2. The molecule has 0 unspecified atom stereocenters. The molecule has 0 aliphatic heterocycles. The van der Waals surface area contributed by atoms with Crippen LogP contribution < -0.4 is 5.32 Å². The molecule has 146 valence electrons. The van der Waals surface area contributed by atoms with Crippen LogP contribution in [0.15, 0.2) is 29.5 Å². The summed E-state index contributed by atoms with van der Waals surface area (Å²) in [4.78, 5) is 20.7. The quantitative estimate of drug-likeness (QED) is 0.593. The van der Waals surface area contributed by atoms with Gasteiger partial charge in [0.05, 0.1) is 23.6 Å². The molecule has 4 rings (SSSR count). The van der Waals surface area contributed by atoms with Gasteiger partial charge in [0.25, 0.3) is 5.92 Å². The van der Waals surface area contributed by atoms with Crippen LogP contribution in [0.2, 0.25) is 0 Å². The highest BCUT2D eigenvalue weighted by atomic mass is 19.3. The molecular weight excluding hydrogens is 362 g/mol. The lowest BCUT2D eigenvalue weighted by Crippen LogP contribution is -2.29. The van der Waals surface area contributed by atoms with Gasteiger partial charge in [-0.05, 0) is 45.7 Å². The SMILES string of the molecule is CC(C)=Nc1ccc(-c2c[nH]c3nc(NCC(F)(F)C4CC4)ncc23)nc1C. The van der Waals surface area contributed by atoms with Gasteiger partial charge in [-0.2, -0.15) is 4.98 Å². The Bertz CT molecular complexity index is 1050. The molecule has 6 nitrogen and oxygen atoms in total. The Morgan fingerprint density at radius 2 is 2.07 bits per heavy atom. The highest BCUT2D eigenvalue weighted by Gasteiger charge is 2.46. The normalized spacial score (nSPS) is 14.3. The van der Waals surface area contributed by atoms with Crippen molar-refractivity contribution < 1.29 is 8.78 Å². The fourth-order valence-electron chi connectivity index (χ4n) is 3.11. The number of halogens is 2. The maximum absolute atomic E-state index is 13.8. The fourth-order valence-corrected chi connectivity index (χ4v) is 3.11. The Hall–Kier alpha value is -2.90. The van der Waals surface area contributed by atoms with Gasteiger partial charge in [-0.15, -0.1) is 0 Å². The third kappa shape index (κ3) is 3.72. The molecule has 3 aromatic rings. The number of H-pyrrole nitrogens is 1. The van der Waals surface area contributed by atoms with E-state index in [1.54, 1.807) is 12.4 Å². The fraction of sp³-hybridized carbons (Fsp3) is 0.400. The van der Waals surface area contributed by atoms with Gasteiger partial charge in [0.1, 0.15) is 5.65 Å². The number of aromatic nitrogens is 4. The Morgan fingerprint density at radius 1 is 1.29 bits per heavy atom. The van der Waals surface area contributed by atoms with E-state index in [1.165, 1.54) is 0 Å². The average molecular weight is 384 g/mol. The van der Waals surface area contributed by atoms with Gasteiger partial charge >= 0.3 is 0 Å². The predicted molar refractivity (Wildman–Crippen MR) is 106 cm³/mol. The van der Waals surface area contributed by atoms with E-state index in [0.29, 0.717) is 18.5 Å². The number of aromatic amines is 1. The van der Waals surface area contributed by atoms with Crippen molar-refractivity contribution in [2.75, 3.05) is 11.9 Å². The summed E-state index contributed by atoms with van der Waals surface area (Å²) in [5.41, 5.74) is 4.84. The number of alkyl halides is 2. The Kier molecular flexibility index (Phi) is 4.56. The van der Waals surface area contributed by atoms with Gasteiger partial charge in [-0.25, -0.2) is 13.8 Å². The van der Waals surface area contributed by atoms with Crippen molar-refractivity contribution in [2.45, 2.75) is 39.5 Å². The average Bonchev–Trinajstić information content (AvgIpc) is 3.43. The minimum atomic E-state index is -2.72. The van der Waals surface area contributed by atoms with Crippen LogP contribution in [0.5, 0.6) is 0 Å². The second-order valence-electron chi connectivity index (χ2n) is 7.41. The van der Waals surface area contributed by atoms with Crippen LogP contribution >= 0.6 is 0 Å². The molecule has 0 radical (unpaired) electrons. The van der Waals surface area contributed by atoms with E-state index in [-0.39, 0.29) is 5.95 Å². The summed E-state index contributed by atoms with van der Waals surface area (Å²) in [5, 5.41) is 3.45. The van der Waals surface area contributed by atoms with Gasteiger partial charge in [0.2, 0.25) is 5.95 Å². The summed E-state index contributed by atoms with van der Waals surface area (Å²) >= 11 is 0. The Morgan fingerprint density at radius 3 is 2.75 bits per heavy atom. The van der Waals surface area contributed by atoms with Crippen LogP contribution in [0.25, 0.3) is 22.3 Å². The lowest BCUT2D eigenvalue weighted by molar-refractivity contribution is -0.00831. The lowest BCUT2D eigenvalue weighted by atomic mass is 10.1. The second kappa shape index (κ2) is 6.92. The molecule has 2 N–H and O–H groups in total. The summed E-state index contributed by atoms with van der Waals surface area (Å²) in [7, 11) is 0. The van der Waals surface area contributed by atoms with E-state index in [2.05, 4.69) is 30.2 Å². The number of pyridine rings is 1. The molecule has 0 atom stereocenters. The molecular formula is C20H22F2N6. The monoisotopic (exact) mass is 384 g/mol. The van der Waals surface area contributed by atoms with Crippen molar-refractivity contribution in [2.24, 2.45) is 10.9 Å². The van der Waals surface area contributed by atoms with Crippen LogP contribution in [0.1, 0.15) is 32.4 Å². The Labute approximate surface area is 161 Å². The number of aliphatic imine (C=N–C) groups is 1. The second-order valence-corrected chi connectivity index (χ2v) is 7.41. The molecule has 8 heteroatoms. The molecule has 3 heterocycles. The number of aryl methyl sites for hydroxylation is 1. The summed E-state index contributed by atoms with van der Waals surface area (Å²) in [5.74, 6) is -3.05. The van der Waals surface area contributed by atoms with E-state index in [9.17, 15) is 8.78 Å². The number of nitrogens with one attached hydrogen (secondary N) is 2. The summed E-state index contributed by atoms with van der Waals surface area (Å²) in [6.07, 6.45) is 4.61. The van der Waals surface area contributed by atoms with Gasteiger partial charge in [-0.3, -0.25) is 9.98 Å². The van der Waals surface area contributed by atoms with Crippen molar-refractivity contribution in [1.29, 1.82) is 0 Å². The molecule has 0 aromatic carbocycles. The van der Waals surface area contributed by atoms with Crippen LogP contribution in [0.3, 0.4) is 0 Å². The smallest absolute Gasteiger partial charge is 0.267 e. The molecule has 0 saturated heterocycles. The number of rotatable bonds is 6. The zero-order valence-electron chi connectivity index (χ0n) is 16.1. The van der Waals surface area contributed by atoms with Crippen LogP contribution in [0.4, 0.5) is 20.4 Å². The molecule has 0 spiro atoms. The van der Waals surface area contributed by atoms with Gasteiger partial charge < -0.3 is 10.3 Å². The first-order chi connectivity index (χ1) is 13.3. The first kappa shape index (κ1) is 18.5. The molecule has 1 aliphatic rings. The molecule has 0 amide bonds. The highest BCUT2D eigenvalue weighted by Crippen LogP contribution is 2.43. The summed E-state index contributed by atoms with van der Waals surface area (Å²) in [6.45, 7) is 5.35. The predicted octanol–water partition coefficient (Wildman–Crippen LogP) is 4.90. The van der Waals surface area contributed by atoms with E-state index >= 15 is 0 Å². The van der Waals surface area contributed by atoms with Gasteiger partial charge in [0.15, 0.2) is 0 Å². The summed E-state index contributed by atoms with van der Waals surface area (Å²) in [6, 6.07) is 3.83. The maximum atomic E-state index is 13.8. The van der Waals surface area contributed by atoms with E-state index < -0.39 is 18.4 Å². The molecule has 1 aliphatic carbocycles.